The van der Waals surface area contributed by atoms with E-state index in [1.54, 1.807) is 28.4 Å². The van der Waals surface area contributed by atoms with Crippen LogP contribution in [-0.4, -0.2) is 60.7 Å². The summed E-state index contributed by atoms with van der Waals surface area (Å²) in [7, 11) is 0. The number of ether oxygens (including phenoxy) is 1. The minimum atomic E-state index is -0.277. The van der Waals surface area contributed by atoms with Crippen LogP contribution in [0.1, 0.15) is 25.3 Å². The molecule has 1 aliphatic heterocycles. The van der Waals surface area contributed by atoms with Crippen molar-refractivity contribution in [1.82, 2.24) is 30.5 Å². The summed E-state index contributed by atoms with van der Waals surface area (Å²) in [5.41, 5.74) is 1.21. The van der Waals surface area contributed by atoms with Crippen LogP contribution in [0.25, 0.3) is 0 Å². The highest BCUT2D eigenvalue weighted by Crippen LogP contribution is 2.31. The number of aromatic nitrogens is 5. The number of thioether (sulfide) groups is 2. The highest BCUT2D eigenvalue weighted by molar-refractivity contribution is 7.99. The number of nitrogens with zero attached hydrogens (tertiary/aromatic N) is 5. The van der Waals surface area contributed by atoms with Gasteiger partial charge in [0.25, 0.3) is 0 Å². The lowest BCUT2D eigenvalue weighted by atomic mass is 9.94. The molecule has 2 aromatic heterocycles. The predicted molar refractivity (Wildman–Crippen MR) is 125 cm³/mol. The lowest BCUT2D eigenvalue weighted by Gasteiger charge is -2.33. The average molecular weight is 471 g/mol. The zero-order valence-electron chi connectivity index (χ0n) is 17.9. The van der Waals surface area contributed by atoms with Gasteiger partial charge in [-0.05, 0) is 60.2 Å². The first-order chi connectivity index (χ1) is 15.7. The van der Waals surface area contributed by atoms with Crippen molar-refractivity contribution >= 4 is 29.6 Å². The molecule has 168 valence electrons. The Morgan fingerprint density at radius 1 is 1.22 bits per heavy atom. The molecule has 1 atom stereocenters. The van der Waals surface area contributed by atoms with Crippen molar-refractivity contribution in [3.63, 3.8) is 0 Å². The molecule has 8 nitrogen and oxygen atoms in total. The van der Waals surface area contributed by atoms with E-state index in [1.807, 2.05) is 48.7 Å². The second-order valence-corrected chi connectivity index (χ2v) is 10.1. The monoisotopic (exact) mass is 470 g/mol. The van der Waals surface area contributed by atoms with E-state index in [-0.39, 0.29) is 6.09 Å². The van der Waals surface area contributed by atoms with Crippen LogP contribution in [-0.2, 0) is 6.42 Å². The highest BCUT2D eigenvalue weighted by Gasteiger charge is 2.28. The number of hydrogen-bond donors (Lipinski definition) is 1. The Hall–Kier alpha value is -2.59. The normalized spacial score (nSPS) is 15.5. The lowest BCUT2D eigenvalue weighted by Crippen LogP contribution is -2.41. The average Bonchev–Trinajstić information content (AvgIpc) is 3.34. The van der Waals surface area contributed by atoms with Gasteiger partial charge in [0, 0.05) is 30.3 Å². The summed E-state index contributed by atoms with van der Waals surface area (Å²) in [4.78, 5) is 18.7. The van der Waals surface area contributed by atoms with Crippen molar-refractivity contribution in [2.24, 2.45) is 5.92 Å². The van der Waals surface area contributed by atoms with Crippen LogP contribution in [0.4, 0.5) is 4.79 Å². The maximum Gasteiger partial charge on any atom is 0.415 e. The molecule has 1 unspecified atom stereocenters. The first-order valence-electron chi connectivity index (χ1n) is 10.7. The SMILES string of the molecule is CC(Sc1nn[nH]n1)C1CCN(C(=O)Oc2ccc(CCSc3ccccn3)cc2)CC1. The number of carbonyl (C=O) groups is 1. The maximum atomic E-state index is 12.6. The predicted octanol–water partition coefficient (Wildman–Crippen LogP) is 4.32. The van der Waals surface area contributed by atoms with Crippen molar-refractivity contribution in [3.05, 3.63) is 54.2 Å². The summed E-state index contributed by atoms with van der Waals surface area (Å²) in [6.45, 7) is 3.57. The summed E-state index contributed by atoms with van der Waals surface area (Å²) in [5.74, 6) is 2.04. The van der Waals surface area contributed by atoms with Gasteiger partial charge in [-0.1, -0.05) is 36.9 Å². The molecule has 3 aromatic rings. The van der Waals surface area contributed by atoms with E-state index in [9.17, 15) is 4.79 Å². The molecule has 0 spiro atoms. The maximum absolute atomic E-state index is 12.6. The number of H-pyrrole nitrogens is 1. The number of piperidine rings is 1. The van der Waals surface area contributed by atoms with Crippen LogP contribution in [0.3, 0.4) is 0 Å². The number of aromatic amines is 1. The summed E-state index contributed by atoms with van der Waals surface area (Å²) >= 11 is 3.35. The number of nitrogens with one attached hydrogen (secondary N) is 1. The molecule has 0 radical (unpaired) electrons. The van der Waals surface area contributed by atoms with Gasteiger partial charge in [-0.2, -0.15) is 5.21 Å². The second kappa shape index (κ2) is 11.3. The fourth-order valence-electron chi connectivity index (χ4n) is 3.61. The van der Waals surface area contributed by atoms with Crippen molar-refractivity contribution in [2.75, 3.05) is 18.8 Å². The number of amides is 1. The van der Waals surface area contributed by atoms with E-state index in [1.165, 1.54) is 5.56 Å². The fraction of sp³-hybridized carbons (Fsp3) is 0.409. The number of tetrazole rings is 1. The summed E-state index contributed by atoms with van der Waals surface area (Å²) in [6.07, 6.45) is 4.34. The van der Waals surface area contributed by atoms with Crippen LogP contribution in [0, 0.1) is 5.92 Å². The minimum Gasteiger partial charge on any atom is -0.410 e. The third-order valence-corrected chi connectivity index (χ3v) is 7.57. The quantitative estimate of drug-likeness (QED) is 0.486. The van der Waals surface area contributed by atoms with Gasteiger partial charge in [-0.15, -0.1) is 22.0 Å². The molecule has 10 heteroatoms. The van der Waals surface area contributed by atoms with Gasteiger partial charge < -0.3 is 9.64 Å². The Morgan fingerprint density at radius 2 is 2.03 bits per heavy atom. The van der Waals surface area contributed by atoms with Crippen LogP contribution >= 0.6 is 23.5 Å². The van der Waals surface area contributed by atoms with Gasteiger partial charge >= 0.3 is 6.09 Å². The molecule has 1 fully saturated rings. The van der Waals surface area contributed by atoms with Crippen molar-refractivity contribution < 1.29 is 9.53 Å². The van der Waals surface area contributed by atoms with E-state index in [0.29, 0.717) is 35.2 Å². The number of carbonyl (C=O) groups excluding carboxylic acids is 1. The largest absolute Gasteiger partial charge is 0.415 e. The molecule has 1 N–H and O–H groups in total. The van der Waals surface area contributed by atoms with Crippen LogP contribution in [0.5, 0.6) is 5.75 Å². The molecule has 1 amide bonds. The molecular formula is C22H26N6O2S2. The standard InChI is InChI=1S/C22H26N6O2S2/c1-16(32-21-24-26-27-25-21)18-9-13-28(14-10-18)22(29)30-19-7-5-17(6-8-19)11-15-31-20-4-2-3-12-23-20/h2-8,12,16,18H,9-11,13-15H2,1H3,(H,24,25,26,27). The van der Waals surface area contributed by atoms with E-state index >= 15 is 0 Å². The van der Waals surface area contributed by atoms with Gasteiger partial charge in [-0.3, -0.25) is 0 Å². The van der Waals surface area contributed by atoms with Gasteiger partial charge in [0.15, 0.2) is 0 Å². The van der Waals surface area contributed by atoms with Crippen molar-refractivity contribution in [3.8, 4) is 5.75 Å². The Kier molecular flexibility index (Phi) is 8.00. The molecule has 32 heavy (non-hydrogen) atoms. The fourth-order valence-corrected chi connectivity index (χ4v) is 5.45. The number of benzene rings is 1. The van der Waals surface area contributed by atoms with E-state index in [2.05, 4.69) is 32.5 Å². The first-order valence-corrected chi connectivity index (χ1v) is 12.5. The van der Waals surface area contributed by atoms with Crippen LogP contribution < -0.4 is 4.74 Å². The summed E-state index contributed by atoms with van der Waals surface area (Å²) < 4.78 is 5.60. The molecule has 0 bridgehead atoms. The Balaban J connectivity index is 1.18. The lowest BCUT2D eigenvalue weighted by molar-refractivity contribution is 0.131. The van der Waals surface area contributed by atoms with E-state index < -0.39 is 0 Å². The minimum absolute atomic E-state index is 0.277. The number of hydrogen-bond acceptors (Lipinski definition) is 8. The third-order valence-electron chi connectivity index (χ3n) is 5.49. The number of rotatable bonds is 8. The zero-order chi connectivity index (χ0) is 22.2. The number of likely N-dealkylation sites (tertiary alicyclic amines) is 1. The summed E-state index contributed by atoms with van der Waals surface area (Å²) in [5, 5.41) is 16.2. The molecule has 1 aromatic carbocycles. The third kappa shape index (κ3) is 6.46. The van der Waals surface area contributed by atoms with Gasteiger partial charge in [-0.25, -0.2) is 9.78 Å². The highest BCUT2D eigenvalue weighted by atomic mass is 32.2. The first kappa shape index (κ1) is 22.6. The topological polar surface area (TPSA) is 96.9 Å². The Labute approximate surface area is 195 Å². The molecule has 0 saturated carbocycles. The van der Waals surface area contributed by atoms with Crippen molar-refractivity contribution in [1.29, 1.82) is 0 Å². The van der Waals surface area contributed by atoms with Gasteiger partial charge in [0.2, 0.25) is 5.16 Å². The van der Waals surface area contributed by atoms with Crippen LogP contribution in [0.15, 0.2) is 58.8 Å². The molecule has 4 rings (SSSR count). The van der Waals surface area contributed by atoms with E-state index in [0.717, 1.165) is 30.0 Å². The van der Waals surface area contributed by atoms with E-state index in [4.69, 9.17) is 4.74 Å². The molecule has 1 aliphatic rings. The Morgan fingerprint density at radius 3 is 2.72 bits per heavy atom. The number of pyridine rings is 1. The molecular weight excluding hydrogens is 444 g/mol. The molecule has 0 aliphatic carbocycles. The molecule has 1 saturated heterocycles. The van der Waals surface area contributed by atoms with Gasteiger partial charge in [0.05, 0.1) is 5.03 Å². The summed E-state index contributed by atoms with van der Waals surface area (Å²) in [6, 6.07) is 13.7. The van der Waals surface area contributed by atoms with Gasteiger partial charge in [0.1, 0.15) is 5.75 Å². The number of aryl methyl sites for hydroxylation is 1. The molecule has 3 heterocycles. The van der Waals surface area contributed by atoms with Crippen molar-refractivity contribution in [2.45, 2.75) is 41.6 Å². The zero-order valence-corrected chi connectivity index (χ0v) is 19.5. The smallest absolute Gasteiger partial charge is 0.410 e. The Bertz CT molecular complexity index is 964. The van der Waals surface area contributed by atoms with Crippen LogP contribution in [0.2, 0.25) is 0 Å². The second-order valence-electron chi connectivity index (χ2n) is 7.62.